The molecule has 2 saturated carbocycles. The molecule has 4 aliphatic rings. The molecule has 194 valence electrons. The molecule has 0 amide bonds. The number of aryl methyl sites for hydroxylation is 1. The van der Waals surface area contributed by atoms with Crippen LogP contribution in [0.15, 0.2) is 48.2 Å². The second kappa shape index (κ2) is 8.82. The van der Waals surface area contributed by atoms with Crippen molar-refractivity contribution in [3.05, 3.63) is 65.0 Å². The van der Waals surface area contributed by atoms with E-state index in [1.165, 1.54) is 30.1 Å². The highest BCUT2D eigenvalue weighted by atomic mass is 16.5. The number of carbonyl (C=O) groups is 2. The summed E-state index contributed by atoms with van der Waals surface area (Å²) >= 11 is 0. The standard InChI is InChI=1S/C32H38N2O3/c1-20-5-8-24(9-6-20)34-18-22(19-35)30(33-34)29-12-11-27-26-10-7-23-17-25(37-21(2)36)13-15-31(23,3)28(26)14-16-32(27,29)4/h5-9,12,18-19,25-28H,10-11,13-17H2,1-4H3/t25-,26-,27-,28-,31-,32-/m0/s1. The second-order valence-corrected chi connectivity index (χ2v) is 12.4. The third-order valence-electron chi connectivity index (χ3n) is 10.4. The minimum atomic E-state index is -0.166. The predicted octanol–water partition coefficient (Wildman–Crippen LogP) is 6.88. The van der Waals surface area contributed by atoms with Gasteiger partial charge in [-0.2, -0.15) is 5.10 Å². The van der Waals surface area contributed by atoms with Crippen molar-refractivity contribution in [2.75, 3.05) is 0 Å². The van der Waals surface area contributed by atoms with Crippen LogP contribution in [0.5, 0.6) is 0 Å². The van der Waals surface area contributed by atoms with E-state index in [4.69, 9.17) is 9.84 Å². The van der Waals surface area contributed by atoms with Gasteiger partial charge >= 0.3 is 5.97 Å². The molecule has 1 heterocycles. The number of ether oxygens (including phenoxy) is 1. The minimum absolute atomic E-state index is 0.0298. The molecule has 0 saturated heterocycles. The van der Waals surface area contributed by atoms with Crippen molar-refractivity contribution >= 4 is 17.8 Å². The number of nitrogens with zero attached hydrogens (tertiary/aromatic N) is 2. The minimum Gasteiger partial charge on any atom is -0.462 e. The normalized spacial score (nSPS) is 34.5. The Labute approximate surface area is 220 Å². The summed E-state index contributed by atoms with van der Waals surface area (Å²) in [4.78, 5) is 23.7. The Balaban J connectivity index is 1.28. The first-order valence-electron chi connectivity index (χ1n) is 13.9. The fourth-order valence-electron chi connectivity index (χ4n) is 8.41. The molecule has 37 heavy (non-hydrogen) atoms. The Morgan fingerprint density at radius 2 is 1.81 bits per heavy atom. The van der Waals surface area contributed by atoms with Gasteiger partial charge in [-0.25, -0.2) is 4.68 Å². The van der Waals surface area contributed by atoms with Crippen LogP contribution in [-0.2, 0) is 9.53 Å². The van der Waals surface area contributed by atoms with E-state index in [1.54, 1.807) is 0 Å². The zero-order valence-electron chi connectivity index (χ0n) is 22.5. The number of aromatic nitrogens is 2. The maximum absolute atomic E-state index is 12.1. The third kappa shape index (κ3) is 3.84. The number of aldehydes is 1. The number of rotatable bonds is 4. The van der Waals surface area contributed by atoms with Crippen molar-refractivity contribution < 1.29 is 14.3 Å². The van der Waals surface area contributed by atoms with Gasteiger partial charge in [0.15, 0.2) is 6.29 Å². The van der Waals surface area contributed by atoms with E-state index in [1.807, 2.05) is 10.9 Å². The first kappa shape index (κ1) is 24.4. The van der Waals surface area contributed by atoms with Crippen molar-refractivity contribution in [1.29, 1.82) is 0 Å². The molecule has 0 unspecified atom stereocenters. The van der Waals surface area contributed by atoms with Crippen molar-refractivity contribution in [3.8, 4) is 5.69 Å². The fraction of sp³-hybridized carbons (Fsp3) is 0.531. The molecule has 6 rings (SSSR count). The maximum atomic E-state index is 12.1. The van der Waals surface area contributed by atoms with Crippen LogP contribution < -0.4 is 0 Å². The molecule has 0 radical (unpaired) electrons. The van der Waals surface area contributed by atoms with Crippen LogP contribution in [0.3, 0.4) is 0 Å². The summed E-state index contributed by atoms with van der Waals surface area (Å²) < 4.78 is 7.47. The van der Waals surface area contributed by atoms with Gasteiger partial charge < -0.3 is 4.74 Å². The molecule has 0 N–H and O–H groups in total. The van der Waals surface area contributed by atoms with E-state index in [-0.39, 0.29) is 22.9 Å². The highest BCUT2D eigenvalue weighted by molar-refractivity contribution is 5.86. The van der Waals surface area contributed by atoms with Gasteiger partial charge in [-0.15, -0.1) is 0 Å². The summed E-state index contributed by atoms with van der Waals surface area (Å²) in [6.45, 7) is 8.49. The van der Waals surface area contributed by atoms with Crippen molar-refractivity contribution in [2.24, 2.45) is 28.6 Å². The first-order valence-corrected chi connectivity index (χ1v) is 13.9. The van der Waals surface area contributed by atoms with Crippen LogP contribution in [0, 0.1) is 35.5 Å². The van der Waals surface area contributed by atoms with E-state index in [0.717, 1.165) is 56.2 Å². The first-order chi connectivity index (χ1) is 17.7. The molecule has 2 fully saturated rings. The monoisotopic (exact) mass is 498 g/mol. The van der Waals surface area contributed by atoms with E-state index in [9.17, 15) is 9.59 Å². The lowest BCUT2D eigenvalue weighted by atomic mass is 9.47. The molecule has 5 heteroatoms. The zero-order chi connectivity index (χ0) is 25.9. The molecule has 6 atom stereocenters. The van der Waals surface area contributed by atoms with Gasteiger partial charge in [0.25, 0.3) is 0 Å². The Morgan fingerprint density at radius 3 is 2.54 bits per heavy atom. The number of carbonyl (C=O) groups excluding carboxylic acids is 2. The lowest BCUT2D eigenvalue weighted by Gasteiger charge is -2.57. The van der Waals surface area contributed by atoms with Crippen LogP contribution in [0.1, 0.15) is 87.3 Å². The van der Waals surface area contributed by atoms with Gasteiger partial charge in [-0.3, -0.25) is 9.59 Å². The number of fused-ring (bicyclic) bond motifs is 5. The van der Waals surface area contributed by atoms with Crippen LogP contribution in [0.25, 0.3) is 11.3 Å². The molecule has 1 aromatic carbocycles. The third-order valence-corrected chi connectivity index (χ3v) is 10.4. The second-order valence-electron chi connectivity index (χ2n) is 12.4. The van der Waals surface area contributed by atoms with Crippen molar-refractivity contribution in [3.63, 3.8) is 0 Å². The lowest BCUT2D eigenvalue weighted by Crippen LogP contribution is -2.50. The number of allylic oxidation sites excluding steroid dienone is 3. The largest absolute Gasteiger partial charge is 0.462 e. The van der Waals surface area contributed by atoms with Gasteiger partial charge in [0.05, 0.1) is 16.9 Å². The molecule has 4 aliphatic carbocycles. The van der Waals surface area contributed by atoms with Gasteiger partial charge in [0.2, 0.25) is 0 Å². The van der Waals surface area contributed by atoms with E-state index in [0.29, 0.717) is 23.3 Å². The Morgan fingerprint density at radius 1 is 1.05 bits per heavy atom. The number of benzene rings is 1. The predicted molar refractivity (Wildman–Crippen MR) is 144 cm³/mol. The van der Waals surface area contributed by atoms with Crippen LogP contribution in [0.2, 0.25) is 0 Å². The summed E-state index contributed by atoms with van der Waals surface area (Å²) in [7, 11) is 0. The van der Waals surface area contributed by atoms with Crippen LogP contribution >= 0.6 is 0 Å². The molecule has 0 spiro atoms. The highest BCUT2D eigenvalue weighted by Crippen LogP contribution is 2.66. The van der Waals surface area contributed by atoms with Gasteiger partial charge in [0, 0.05) is 19.5 Å². The highest BCUT2D eigenvalue weighted by Gasteiger charge is 2.57. The van der Waals surface area contributed by atoms with Crippen LogP contribution in [0.4, 0.5) is 0 Å². The smallest absolute Gasteiger partial charge is 0.302 e. The fourth-order valence-corrected chi connectivity index (χ4v) is 8.41. The lowest BCUT2D eigenvalue weighted by molar-refractivity contribution is -0.148. The molecular weight excluding hydrogens is 460 g/mol. The molecule has 0 bridgehead atoms. The molecule has 2 aromatic rings. The van der Waals surface area contributed by atoms with E-state index < -0.39 is 0 Å². The number of hydrogen-bond donors (Lipinski definition) is 0. The molecular formula is C32H38N2O3. The molecule has 5 nitrogen and oxygen atoms in total. The summed E-state index contributed by atoms with van der Waals surface area (Å²) in [5.41, 5.74) is 6.73. The average molecular weight is 499 g/mol. The molecule has 0 aliphatic heterocycles. The van der Waals surface area contributed by atoms with E-state index in [2.05, 4.69) is 57.2 Å². The van der Waals surface area contributed by atoms with Crippen molar-refractivity contribution in [2.45, 2.75) is 78.7 Å². The van der Waals surface area contributed by atoms with Crippen molar-refractivity contribution in [1.82, 2.24) is 9.78 Å². The van der Waals surface area contributed by atoms with E-state index >= 15 is 0 Å². The van der Waals surface area contributed by atoms with Gasteiger partial charge in [-0.05, 0) is 91.7 Å². The summed E-state index contributed by atoms with van der Waals surface area (Å²) in [5.74, 6) is 1.68. The Kier molecular flexibility index (Phi) is 5.81. The number of esters is 1. The quantitative estimate of drug-likeness (QED) is 0.262. The van der Waals surface area contributed by atoms with Crippen LogP contribution in [-0.4, -0.2) is 28.1 Å². The van der Waals surface area contributed by atoms with Gasteiger partial charge in [-0.1, -0.05) is 49.3 Å². The Hall–Kier alpha value is -2.95. The summed E-state index contributed by atoms with van der Waals surface area (Å²) in [6, 6.07) is 8.27. The SMILES string of the molecule is CC(=O)O[C@H]1CC[C@@]2(C)C(=CC[C@@H]3[C@@H]2CC[C@]2(C)C(c4nn(-c5ccc(C)cc5)cc4C=O)=CC[C@@H]32)C1. The summed E-state index contributed by atoms with van der Waals surface area (Å²) in [6.07, 6.45) is 15.2. The average Bonchev–Trinajstić information content (AvgIpc) is 3.45. The maximum Gasteiger partial charge on any atom is 0.302 e. The number of hydrogen-bond acceptors (Lipinski definition) is 4. The summed E-state index contributed by atoms with van der Waals surface area (Å²) in [5, 5.41) is 4.98. The Bertz CT molecular complexity index is 1300. The molecule has 1 aromatic heterocycles. The van der Waals surface area contributed by atoms with Gasteiger partial charge in [0.1, 0.15) is 6.10 Å². The zero-order valence-corrected chi connectivity index (χ0v) is 22.5. The topological polar surface area (TPSA) is 61.2 Å².